The first-order valence-electron chi connectivity index (χ1n) is 6.47. The molecule has 0 aliphatic heterocycles. The molecule has 0 radical (unpaired) electrons. The molecule has 2 unspecified atom stereocenters. The largest absolute Gasteiger partial charge is 0.506 e. The molecule has 2 atom stereocenters. The van der Waals surface area contributed by atoms with Crippen molar-refractivity contribution in [2.45, 2.75) is 12.2 Å². The van der Waals surface area contributed by atoms with Crippen LogP contribution in [0.25, 0.3) is 0 Å². The van der Waals surface area contributed by atoms with Crippen LogP contribution >= 0.6 is 0 Å². The quantitative estimate of drug-likeness (QED) is 0.815. The van der Waals surface area contributed by atoms with Crippen molar-refractivity contribution in [1.82, 2.24) is 0 Å². The summed E-state index contributed by atoms with van der Waals surface area (Å²) in [6, 6.07) is 16.9. The van der Waals surface area contributed by atoms with Crippen LogP contribution in [0.3, 0.4) is 0 Å². The lowest BCUT2D eigenvalue weighted by molar-refractivity contribution is -0.0436. The zero-order valence-corrected chi connectivity index (χ0v) is 11.5. The third-order valence-electron chi connectivity index (χ3n) is 2.99. The van der Waals surface area contributed by atoms with Gasteiger partial charge in [-0.1, -0.05) is 60.7 Å². The van der Waals surface area contributed by atoms with Crippen LogP contribution in [-0.2, 0) is 9.47 Å². The van der Waals surface area contributed by atoms with Gasteiger partial charge in [0.05, 0.1) is 0 Å². The first kappa shape index (κ1) is 15.4. The molecule has 0 amide bonds. The Balaban J connectivity index is 2.43. The third kappa shape index (κ3) is 3.99. The van der Waals surface area contributed by atoms with Crippen LogP contribution in [0, 0.1) is 0 Å². The topological polar surface area (TPSA) is 93.1 Å². The summed E-state index contributed by atoms with van der Waals surface area (Å²) in [6.45, 7) is 0. The van der Waals surface area contributed by atoms with E-state index in [4.69, 9.17) is 19.7 Å². The Morgan fingerprint density at radius 3 is 1.27 bits per heavy atom. The molecule has 0 heterocycles. The highest BCUT2D eigenvalue weighted by atomic mass is 16.7. The van der Waals surface area contributed by atoms with Crippen LogP contribution in [0.1, 0.15) is 23.3 Å². The molecule has 0 aromatic heterocycles. The number of hydrogen-bond acceptors (Lipinski definition) is 4. The number of hydrogen-bond donors (Lipinski definition) is 2. The van der Waals surface area contributed by atoms with Gasteiger partial charge in [-0.3, -0.25) is 0 Å². The highest BCUT2D eigenvalue weighted by molar-refractivity contribution is 5.59. The van der Waals surface area contributed by atoms with E-state index < -0.39 is 24.5 Å². The fourth-order valence-corrected chi connectivity index (χ4v) is 2.11. The molecule has 0 aliphatic carbocycles. The maximum Gasteiger partial charge on any atom is 0.506 e. The lowest BCUT2D eigenvalue weighted by Gasteiger charge is -2.25. The minimum Gasteiger partial charge on any atom is -0.450 e. The molecule has 0 bridgehead atoms. The van der Waals surface area contributed by atoms with Gasteiger partial charge in [0.1, 0.15) is 0 Å². The Morgan fingerprint density at radius 1 is 0.682 bits per heavy atom. The van der Waals surface area contributed by atoms with Gasteiger partial charge in [-0.2, -0.15) is 0 Å². The summed E-state index contributed by atoms with van der Waals surface area (Å²) in [7, 11) is 0. The standard InChI is InChI=1S/C16H14O6/c17-15(18)21-13(11-7-3-1-4-8-11)14(22-16(19)20)12-9-5-2-6-10-12/h1-10,13-14H,(H,17,18)(H,19,20). The van der Waals surface area contributed by atoms with Crippen molar-refractivity contribution < 1.29 is 29.3 Å². The summed E-state index contributed by atoms with van der Waals surface area (Å²) in [4.78, 5) is 22.0. The second kappa shape index (κ2) is 7.12. The van der Waals surface area contributed by atoms with E-state index in [1.54, 1.807) is 60.7 Å². The molecule has 2 rings (SSSR count). The lowest BCUT2D eigenvalue weighted by Crippen LogP contribution is -2.22. The molecule has 2 aromatic rings. The van der Waals surface area contributed by atoms with Crippen molar-refractivity contribution in [3.63, 3.8) is 0 Å². The van der Waals surface area contributed by atoms with Gasteiger partial charge < -0.3 is 19.7 Å². The highest BCUT2D eigenvalue weighted by Crippen LogP contribution is 2.35. The minimum atomic E-state index is -1.51. The van der Waals surface area contributed by atoms with Crippen molar-refractivity contribution in [3.8, 4) is 0 Å². The van der Waals surface area contributed by atoms with Gasteiger partial charge in [-0.15, -0.1) is 0 Å². The summed E-state index contributed by atoms with van der Waals surface area (Å²) >= 11 is 0. The third-order valence-corrected chi connectivity index (χ3v) is 2.99. The van der Waals surface area contributed by atoms with Crippen molar-refractivity contribution in [2.75, 3.05) is 0 Å². The van der Waals surface area contributed by atoms with Gasteiger partial charge in [0.25, 0.3) is 0 Å². The minimum absolute atomic E-state index is 0.500. The second-order valence-electron chi connectivity index (χ2n) is 4.43. The normalized spacial score (nSPS) is 12.9. The SMILES string of the molecule is O=C(O)OC(c1ccccc1)C(OC(=O)O)c1ccccc1. The van der Waals surface area contributed by atoms with E-state index in [0.717, 1.165) is 0 Å². The van der Waals surface area contributed by atoms with Crippen LogP contribution in [0.2, 0.25) is 0 Å². The monoisotopic (exact) mass is 302 g/mol. The summed E-state index contributed by atoms with van der Waals surface area (Å²) in [6.07, 6.45) is -5.22. The first-order chi connectivity index (χ1) is 10.6. The summed E-state index contributed by atoms with van der Waals surface area (Å²) in [5.41, 5.74) is 1.00. The molecule has 6 heteroatoms. The molecule has 114 valence electrons. The predicted octanol–water partition coefficient (Wildman–Crippen LogP) is 3.86. The van der Waals surface area contributed by atoms with Gasteiger partial charge in [0.15, 0.2) is 12.2 Å². The van der Waals surface area contributed by atoms with Crippen LogP contribution < -0.4 is 0 Å². The average Bonchev–Trinajstić information content (AvgIpc) is 2.52. The fraction of sp³-hybridized carbons (Fsp3) is 0.125. The van der Waals surface area contributed by atoms with Gasteiger partial charge in [-0.05, 0) is 11.1 Å². The molecule has 0 saturated carbocycles. The average molecular weight is 302 g/mol. The maximum atomic E-state index is 11.0. The zero-order chi connectivity index (χ0) is 15.9. The summed E-state index contributed by atoms with van der Waals surface area (Å²) in [5, 5.41) is 17.9. The van der Waals surface area contributed by atoms with E-state index in [1.807, 2.05) is 0 Å². The Hall–Kier alpha value is -3.02. The van der Waals surface area contributed by atoms with E-state index in [1.165, 1.54) is 0 Å². The molecule has 0 fully saturated rings. The summed E-state index contributed by atoms with van der Waals surface area (Å²) < 4.78 is 9.76. The Kier molecular flexibility index (Phi) is 4.98. The number of rotatable bonds is 5. The highest BCUT2D eigenvalue weighted by Gasteiger charge is 2.31. The van der Waals surface area contributed by atoms with Gasteiger partial charge >= 0.3 is 12.3 Å². The molecule has 2 N–H and O–H groups in total. The van der Waals surface area contributed by atoms with Gasteiger partial charge in [0, 0.05) is 0 Å². The number of carbonyl (C=O) groups is 2. The molecule has 6 nitrogen and oxygen atoms in total. The van der Waals surface area contributed by atoms with Crippen LogP contribution in [-0.4, -0.2) is 22.5 Å². The van der Waals surface area contributed by atoms with Crippen molar-refractivity contribution in [2.24, 2.45) is 0 Å². The molecule has 2 aromatic carbocycles. The Bertz CT molecular complexity index is 568. The Labute approximate surface area is 126 Å². The van der Waals surface area contributed by atoms with E-state index in [-0.39, 0.29) is 0 Å². The van der Waals surface area contributed by atoms with Crippen LogP contribution in [0.4, 0.5) is 9.59 Å². The van der Waals surface area contributed by atoms with Gasteiger partial charge in [-0.25, -0.2) is 9.59 Å². The number of carboxylic acid groups (broad SMARTS) is 2. The second-order valence-corrected chi connectivity index (χ2v) is 4.43. The predicted molar refractivity (Wildman–Crippen MR) is 76.6 cm³/mol. The van der Waals surface area contributed by atoms with E-state index in [2.05, 4.69) is 0 Å². The van der Waals surface area contributed by atoms with Gasteiger partial charge in [0.2, 0.25) is 0 Å². The maximum absolute atomic E-state index is 11.0. The first-order valence-corrected chi connectivity index (χ1v) is 6.47. The van der Waals surface area contributed by atoms with E-state index in [9.17, 15) is 9.59 Å². The molecule has 0 saturated heterocycles. The van der Waals surface area contributed by atoms with Crippen LogP contribution in [0.15, 0.2) is 60.7 Å². The smallest absolute Gasteiger partial charge is 0.450 e. The summed E-state index contributed by atoms with van der Waals surface area (Å²) in [5.74, 6) is 0. The molecule has 0 aliphatic rings. The molecule has 22 heavy (non-hydrogen) atoms. The Morgan fingerprint density at radius 2 is 1.00 bits per heavy atom. The number of ether oxygens (including phenoxy) is 2. The van der Waals surface area contributed by atoms with Crippen LogP contribution in [0.5, 0.6) is 0 Å². The number of benzene rings is 2. The van der Waals surface area contributed by atoms with Crippen molar-refractivity contribution >= 4 is 12.3 Å². The molecule has 0 spiro atoms. The van der Waals surface area contributed by atoms with E-state index in [0.29, 0.717) is 11.1 Å². The molecular weight excluding hydrogens is 288 g/mol. The molecular formula is C16H14O6. The fourth-order valence-electron chi connectivity index (χ4n) is 2.11. The zero-order valence-electron chi connectivity index (χ0n) is 11.5. The van der Waals surface area contributed by atoms with E-state index >= 15 is 0 Å². The van der Waals surface area contributed by atoms with Crippen molar-refractivity contribution in [3.05, 3.63) is 71.8 Å². The lowest BCUT2D eigenvalue weighted by atomic mass is 9.98. The van der Waals surface area contributed by atoms with Crippen molar-refractivity contribution in [1.29, 1.82) is 0 Å².